The number of nitrogens with two attached hydrogens (primary N) is 1. The monoisotopic (exact) mass is 752 g/mol. The van der Waals surface area contributed by atoms with Crippen LogP contribution in [0, 0.1) is 0 Å². The third-order valence-corrected chi connectivity index (χ3v) is 9.14. The van der Waals surface area contributed by atoms with Gasteiger partial charge in [0.15, 0.2) is 6.10 Å². The van der Waals surface area contributed by atoms with Crippen molar-refractivity contribution < 1.29 is 37.6 Å². The lowest BCUT2D eigenvalue weighted by atomic mass is 10.1. The minimum Gasteiger partial charge on any atom is -0.462 e. The van der Waals surface area contributed by atoms with E-state index in [0.717, 1.165) is 57.8 Å². The summed E-state index contributed by atoms with van der Waals surface area (Å²) in [4.78, 5) is 34.7. The van der Waals surface area contributed by atoms with Crippen LogP contribution in [0.5, 0.6) is 0 Å². The van der Waals surface area contributed by atoms with E-state index in [0.29, 0.717) is 6.42 Å². The van der Waals surface area contributed by atoms with Gasteiger partial charge in [-0.1, -0.05) is 145 Å². The van der Waals surface area contributed by atoms with Crippen molar-refractivity contribution in [1.29, 1.82) is 0 Å². The number of esters is 2. The fourth-order valence-electron chi connectivity index (χ4n) is 5.17. The van der Waals surface area contributed by atoms with Crippen molar-refractivity contribution in [2.45, 2.75) is 168 Å². The Morgan fingerprint density at radius 3 is 1.65 bits per heavy atom. The average Bonchev–Trinajstić information content (AvgIpc) is 3.13. The highest BCUT2D eigenvalue weighted by atomic mass is 31.2. The Labute approximate surface area is 317 Å². The zero-order valence-corrected chi connectivity index (χ0v) is 33.7. The Balaban J connectivity index is 4.25. The van der Waals surface area contributed by atoms with E-state index in [1.165, 1.54) is 70.6 Å². The van der Waals surface area contributed by atoms with Crippen LogP contribution in [0.1, 0.15) is 162 Å². The van der Waals surface area contributed by atoms with E-state index in [1.807, 2.05) is 12.2 Å². The summed E-state index contributed by atoms with van der Waals surface area (Å²) in [5, 5.41) is 0. The molecule has 0 bridgehead atoms. The van der Waals surface area contributed by atoms with Crippen LogP contribution < -0.4 is 5.73 Å². The Morgan fingerprint density at radius 1 is 0.596 bits per heavy atom. The number of phosphoric acid groups is 1. The molecule has 0 spiro atoms. The lowest BCUT2D eigenvalue weighted by molar-refractivity contribution is -0.161. The van der Waals surface area contributed by atoms with Gasteiger partial charge in [0.05, 0.1) is 13.2 Å². The van der Waals surface area contributed by atoms with Crippen LogP contribution in [-0.2, 0) is 32.7 Å². The maximum Gasteiger partial charge on any atom is 0.472 e. The number of hydrogen-bond acceptors (Lipinski definition) is 8. The fraction of sp³-hybridized carbons (Fsp3) is 0.714. The van der Waals surface area contributed by atoms with E-state index in [1.54, 1.807) is 0 Å². The average molecular weight is 752 g/mol. The molecule has 0 amide bonds. The van der Waals surface area contributed by atoms with Gasteiger partial charge in [0.2, 0.25) is 0 Å². The highest BCUT2D eigenvalue weighted by Crippen LogP contribution is 2.43. The molecule has 0 aromatic carbocycles. The molecule has 0 aromatic rings. The zero-order chi connectivity index (χ0) is 38.2. The molecular weight excluding hydrogens is 677 g/mol. The molecule has 9 nitrogen and oxygen atoms in total. The van der Waals surface area contributed by atoms with Gasteiger partial charge in [-0.05, 0) is 64.2 Å². The molecule has 3 N–H and O–H groups in total. The Bertz CT molecular complexity index is 1040. The van der Waals surface area contributed by atoms with Gasteiger partial charge in [-0.15, -0.1) is 0 Å². The van der Waals surface area contributed by atoms with Crippen molar-refractivity contribution >= 4 is 19.8 Å². The van der Waals surface area contributed by atoms with Crippen LogP contribution in [0.3, 0.4) is 0 Å². The summed E-state index contributed by atoms with van der Waals surface area (Å²) < 4.78 is 32.6. The minimum atomic E-state index is -4.39. The van der Waals surface area contributed by atoms with Crippen LogP contribution in [-0.4, -0.2) is 49.3 Å². The summed E-state index contributed by atoms with van der Waals surface area (Å²) in [5.41, 5.74) is 5.33. The first-order valence-electron chi connectivity index (χ1n) is 20.3. The maximum atomic E-state index is 12.5. The molecule has 0 rings (SSSR count). The zero-order valence-electron chi connectivity index (χ0n) is 32.8. The van der Waals surface area contributed by atoms with Gasteiger partial charge in [-0.2, -0.15) is 0 Å². The molecule has 0 heterocycles. The third-order valence-electron chi connectivity index (χ3n) is 8.15. The van der Waals surface area contributed by atoms with Gasteiger partial charge in [-0.3, -0.25) is 18.6 Å². The first-order chi connectivity index (χ1) is 25.3. The second-order valence-electron chi connectivity index (χ2n) is 13.1. The van der Waals surface area contributed by atoms with Gasteiger partial charge in [0.25, 0.3) is 0 Å². The molecule has 0 saturated heterocycles. The Kier molecular flexibility index (Phi) is 36.7. The van der Waals surface area contributed by atoms with Gasteiger partial charge in [-0.25, -0.2) is 4.57 Å². The number of phosphoric ester groups is 1. The molecule has 2 unspecified atom stereocenters. The fourth-order valence-corrected chi connectivity index (χ4v) is 5.94. The quantitative estimate of drug-likeness (QED) is 0.0275. The molecule has 0 aliphatic rings. The molecule has 300 valence electrons. The first-order valence-corrected chi connectivity index (χ1v) is 21.8. The summed E-state index contributed by atoms with van der Waals surface area (Å²) in [7, 11) is -4.39. The topological polar surface area (TPSA) is 134 Å². The number of unbranched alkanes of at least 4 members (excludes halogenated alkanes) is 14. The summed E-state index contributed by atoms with van der Waals surface area (Å²) in [6.45, 7) is 3.51. The molecular formula is C42H74NO8P. The standard InChI is InChI=1S/C42H74NO8P/c1-3-5-7-9-11-13-15-17-18-19-20-21-23-24-26-28-30-32-34-41(44)48-38-40(39-50-52(46,47)49-37-36-43)51-42(45)35-33-31-29-27-25-22-16-14-12-10-8-6-4-2/h6,8,12,14,18-19,22,25,29,31,40H,3-5,7,9-11,13,15-17,20-21,23-24,26-28,30,32-39,43H2,1-2H3,(H,46,47)/b8-6-,14-12-,19-18-,25-22-,31-29-. The Morgan fingerprint density at radius 2 is 1.10 bits per heavy atom. The SMILES string of the molecule is CC/C=C\C/C=C\C/C=C\C/C=C\CCC(=O)OC(COC(=O)CCCCCCCCC/C=C\CCCCCCCCC)COP(=O)(O)OCCN. The molecule has 0 aliphatic carbocycles. The highest BCUT2D eigenvalue weighted by Gasteiger charge is 2.25. The second-order valence-corrected chi connectivity index (χ2v) is 14.6. The van der Waals surface area contributed by atoms with Crippen molar-refractivity contribution in [1.82, 2.24) is 0 Å². The lowest BCUT2D eigenvalue weighted by Gasteiger charge is -2.19. The number of carbonyl (C=O) groups excluding carboxylic acids is 2. The van der Waals surface area contributed by atoms with Crippen LogP contribution >= 0.6 is 7.82 Å². The summed E-state index contributed by atoms with van der Waals surface area (Å²) in [5.74, 6) is -0.932. The van der Waals surface area contributed by atoms with Gasteiger partial charge < -0.3 is 20.1 Å². The normalized spacial score (nSPS) is 14.0. The van der Waals surface area contributed by atoms with Crippen molar-refractivity contribution in [3.63, 3.8) is 0 Å². The molecule has 0 saturated carbocycles. The first kappa shape index (κ1) is 49.7. The van der Waals surface area contributed by atoms with Crippen LogP contribution in [0.15, 0.2) is 60.8 Å². The van der Waals surface area contributed by atoms with Crippen molar-refractivity contribution in [3.05, 3.63) is 60.8 Å². The summed E-state index contributed by atoms with van der Waals surface area (Å²) >= 11 is 0. The van der Waals surface area contributed by atoms with Gasteiger partial charge in [0, 0.05) is 19.4 Å². The minimum absolute atomic E-state index is 0.0400. The van der Waals surface area contributed by atoms with E-state index in [4.69, 9.17) is 24.3 Å². The molecule has 0 fully saturated rings. The predicted molar refractivity (Wildman–Crippen MR) is 215 cm³/mol. The smallest absolute Gasteiger partial charge is 0.462 e. The molecule has 2 atom stereocenters. The highest BCUT2D eigenvalue weighted by molar-refractivity contribution is 7.47. The van der Waals surface area contributed by atoms with Crippen LogP contribution in [0.4, 0.5) is 0 Å². The Hall–Kier alpha value is -2.29. The molecule has 0 radical (unpaired) electrons. The number of ether oxygens (including phenoxy) is 2. The van der Waals surface area contributed by atoms with Crippen LogP contribution in [0.2, 0.25) is 0 Å². The lowest BCUT2D eigenvalue weighted by Crippen LogP contribution is -2.29. The van der Waals surface area contributed by atoms with Gasteiger partial charge in [0.1, 0.15) is 6.61 Å². The van der Waals surface area contributed by atoms with E-state index in [9.17, 15) is 19.0 Å². The molecule has 0 aliphatic heterocycles. The number of allylic oxidation sites excluding steroid dienone is 10. The predicted octanol–water partition coefficient (Wildman–Crippen LogP) is 11.3. The summed E-state index contributed by atoms with van der Waals surface area (Å²) in [6, 6.07) is 0. The largest absolute Gasteiger partial charge is 0.472 e. The van der Waals surface area contributed by atoms with Crippen molar-refractivity contribution in [2.75, 3.05) is 26.4 Å². The molecule has 52 heavy (non-hydrogen) atoms. The van der Waals surface area contributed by atoms with E-state index in [-0.39, 0.29) is 32.6 Å². The van der Waals surface area contributed by atoms with Crippen molar-refractivity contribution in [2.24, 2.45) is 5.73 Å². The van der Waals surface area contributed by atoms with Gasteiger partial charge >= 0.3 is 19.8 Å². The van der Waals surface area contributed by atoms with E-state index in [2.05, 4.69) is 62.5 Å². The number of hydrogen-bond donors (Lipinski definition) is 2. The second kappa shape index (κ2) is 38.4. The molecule has 10 heteroatoms. The van der Waals surface area contributed by atoms with Crippen molar-refractivity contribution in [3.8, 4) is 0 Å². The molecule has 0 aromatic heterocycles. The summed E-state index contributed by atoms with van der Waals surface area (Å²) in [6.07, 6.45) is 44.2. The third kappa shape index (κ3) is 37.5. The maximum absolute atomic E-state index is 12.5. The van der Waals surface area contributed by atoms with E-state index < -0.39 is 32.5 Å². The number of carbonyl (C=O) groups is 2. The number of rotatable bonds is 37. The van der Waals surface area contributed by atoms with Crippen LogP contribution in [0.25, 0.3) is 0 Å². The van der Waals surface area contributed by atoms with E-state index >= 15 is 0 Å².